The van der Waals surface area contributed by atoms with Gasteiger partial charge in [0.05, 0.1) is 11.6 Å². The monoisotopic (exact) mass is 378 g/mol. The van der Waals surface area contributed by atoms with Gasteiger partial charge in [-0.1, -0.05) is 30.6 Å². The number of rotatable bonds is 4. The first-order valence-corrected chi connectivity index (χ1v) is 9.19. The lowest BCUT2D eigenvalue weighted by atomic mass is 10.1. The first-order chi connectivity index (χ1) is 13.0. The van der Waals surface area contributed by atoms with Gasteiger partial charge in [-0.25, -0.2) is 9.98 Å². The number of allylic oxidation sites excluding steroid dienone is 1. The number of benzene rings is 1. The third-order valence-electron chi connectivity index (χ3n) is 3.62. The van der Waals surface area contributed by atoms with Gasteiger partial charge in [0.15, 0.2) is 0 Å². The number of amidine groups is 1. The highest BCUT2D eigenvalue weighted by Gasteiger charge is 2.11. The van der Waals surface area contributed by atoms with Crippen LogP contribution in [0.3, 0.4) is 0 Å². The zero-order valence-electron chi connectivity index (χ0n) is 15.6. The highest BCUT2D eigenvalue weighted by molar-refractivity contribution is 7.27. The van der Waals surface area contributed by atoms with E-state index in [0.717, 1.165) is 29.5 Å². The van der Waals surface area contributed by atoms with E-state index in [1.54, 1.807) is 25.4 Å². The molecule has 1 heterocycles. The van der Waals surface area contributed by atoms with Crippen LogP contribution in [-0.4, -0.2) is 30.7 Å². The molecule has 0 spiro atoms. The van der Waals surface area contributed by atoms with Gasteiger partial charge in [0.1, 0.15) is 5.84 Å². The molecule has 1 N–H and O–H groups in total. The Balaban J connectivity index is 2.12. The predicted molar refractivity (Wildman–Crippen MR) is 117 cm³/mol. The molecule has 0 aliphatic carbocycles. The highest BCUT2D eigenvalue weighted by Crippen LogP contribution is 2.08. The zero-order chi connectivity index (χ0) is 19.6. The molecule has 1 aromatic rings. The fraction of sp³-hybridized carbons (Fsp3) is 0.238. The normalized spacial score (nSPS) is 14.9. The maximum Gasteiger partial charge on any atom is 0.256 e. The smallest absolute Gasteiger partial charge is 0.256 e. The Morgan fingerprint density at radius 1 is 1.48 bits per heavy atom. The van der Waals surface area contributed by atoms with Crippen LogP contribution in [0.25, 0.3) is 0 Å². The molecular formula is C21H23N4OP. The highest BCUT2D eigenvalue weighted by atomic mass is 31.0. The molecule has 0 bridgehead atoms. The Morgan fingerprint density at radius 2 is 2.30 bits per heavy atom. The van der Waals surface area contributed by atoms with Crippen molar-refractivity contribution >= 4 is 38.7 Å². The van der Waals surface area contributed by atoms with E-state index < -0.39 is 0 Å². The summed E-state index contributed by atoms with van der Waals surface area (Å²) in [6, 6.07) is 5.55. The first kappa shape index (κ1) is 20.5. The fourth-order valence-corrected chi connectivity index (χ4v) is 2.55. The van der Waals surface area contributed by atoms with Gasteiger partial charge in [0.25, 0.3) is 5.91 Å². The number of hydrogen-bond acceptors (Lipinski definition) is 3. The summed E-state index contributed by atoms with van der Waals surface area (Å²) in [6.45, 7) is 8.05. The summed E-state index contributed by atoms with van der Waals surface area (Å²) in [5.74, 6) is 6.62. The van der Waals surface area contributed by atoms with E-state index in [9.17, 15) is 4.79 Å². The van der Waals surface area contributed by atoms with Crippen LogP contribution in [-0.2, 0) is 0 Å². The number of aliphatic imine (C=N–C) groups is 3. The van der Waals surface area contributed by atoms with Crippen LogP contribution >= 0.6 is 9.24 Å². The molecule has 27 heavy (non-hydrogen) atoms. The molecule has 1 aromatic carbocycles. The van der Waals surface area contributed by atoms with Crippen molar-refractivity contribution in [3.63, 3.8) is 0 Å². The average molecular weight is 378 g/mol. The summed E-state index contributed by atoms with van der Waals surface area (Å²) in [5, 5.41) is 3.70. The number of carbonyl (C=O) groups is 1. The zero-order valence-corrected chi connectivity index (χ0v) is 16.7. The molecule has 0 aromatic heterocycles. The van der Waals surface area contributed by atoms with Gasteiger partial charge in [0.2, 0.25) is 0 Å². The van der Waals surface area contributed by atoms with E-state index in [4.69, 9.17) is 0 Å². The molecule has 5 nitrogen and oxygen atoms in total. The quantitative estimate of drug-likeness (QED) is 0.372. The number of carbonyl (C=O) groups excluding carboxylic acids is 1. The van der Waals surface area contributed by atoms with Crippen molar-refractivity contribution in [1.29, 1.82) is 0 Å². The first-order valence-electron chi connectivity index (χ1n) is 8.61. The molecule has 1 amide bonds. The van der Waals surface area contributed by atoms with E-state index in [2.05, 4.69) is 48.0 Å². The summed E-state index contributed by atoms with van der Waals surface area (Å²) in [6.07, 6.45) is 7.68. The van der Waals surface area contributed by atoms with Crippen molar-refractivity contribution in [1.82, 2.24) is 5.32 Å². The van der Waals surface area contributed by atoms with Gasteiger partial charge in [-0.15, -0.1) is 9.24 Å². The van der Waals surface area contributed by atoms with Crippen LogP contribution in [0, 0.1) is 17.8 Å². The lowest BCUT2D eigenvalue weighted by Crippen LogP contribution is -2.27. The maximum absolute atomic E-state index is 12.5. The molecule has 2 atom stereocenters. The van der Waals surface area contributed by atoms with Crippen molar-refractivity contribution in [2.45, 2.75) is 20.3 Å². The van der Waals surface area contributed by atoms with Crippen molar-refractivity contribution < 1.29 is 4.79 Å². The van der Waals surface area contributed by atoms with Gasteiger partial charge in [-0.3, -0.25) is 9.79 Å². The molecular weight excluding hydrogens is 355 g/mol. The molecule has 2 rings (SSSR count). The molecule has 0 saturated heterocycles. The third kappa shape index (κ3) is 6.77. The topological polar surface area (TPSA) is 66.2 Å². The summed E-state index contributed by atoms with van der Waals surface area (Å²) in [7, 11) is 2.58. The van der Waals surface area contributed by atoms with E-state index >= 15 is 0 Å². The second-order valence-corrected chi connectivity index (χ2v) is 6.56. The van der Waals surface area contributed by atoms with Crippen LogP contribution in [0.2, 0.25) is 0 Å². The minimum Gasteiger partial charge on any atom is -0.321 e. The Hall–Kier alpha value is -2.83. The summed E-state index contributed by atoms with van der Waals surface area (Å²) in [5.41, 5.74) is 2.07. The number of nitrogens with one attached hydrogen (secondary N) is 1. The maximum atomic E-state index is 12.5. The number of dihydropyridines is 1. The number of nitrogens with zero attached hydrogens (tertiary/aromatic N) is 3. The molecule has 0 saturated carbocycles. The van der Waals surface area contributed by atoms with Crippen LogP contribution < -0.4 is 10.6 Å². The SMILES string of the molecule is C=CN=C(C)N=CC(C)C#Cc1ccc(P)c(C(=O)NC2=CCCN=C2)c1. The second-order valence-electron chi connectivity index (χ2n) is 5.93. The molecule has 1 aliphatic heterocycles. The standard InChI is InChI=1S/C21H23N4OP/c1-4-23-16(3)24-13-15(2)7-8-17-9-10-20(27)19(12-17)21(26)25-18-6-5-11-22-14-18/h4,6,9-10,12-15H,1,5,11,27H2,2-3H3,(H,25,26). The minimum atomic E-state index is -0.172. The fourth-order valence-electron chi connectivity index (χ4n) is 2.24. The average Bonchev–Trinajstić information content (AvgIpc) is 2.66. The van der Waals surface area contributed by atoms with Crippen molar-refractivity contribution in [2.75, 3.05) is 6.54 Å². The lowest BCUT2D eigenvalue weighted by molar-refractivity contribution is 0.0969. The Kier molecular flexibility index (Phi) is 7.85. The minimum absolute atomic E-state index is 0.0449. The van der Waals surface area contributed by atoms with Crippen LogP contribution in [0.1, 0.15) is 36.2 Å². The molecule has 1 aliphatic rings. The number of amides is 1. The van der Waals surface area contributed by atoms with Crippen molar-refractivity contribution in [2.24, 2.45) is 20.9 Å². The number of hydrogen-bond donors (Lipinski definition) is 1. The van der Waals surface area contributed by atoms with Gasteiger partial charge in [0, 0.05) is 36.3 Å². The van der Waals surface area contributed by atoms with Gasteiger partial charge >= 0.3 is 0 Å². The summed E-state index contributed by atoms with van der Waals surface area (Å²) >= 11 is 0. The molecule has 138 valence electrons. The van der Waals surface area contributed by atoms with Gasteiger partial charge in [-0.2, -0.15) is 0 Å². The lowest BCUT2D eigenvalue weighted by Gasteiger charge is -2.10. The Morgan fingerprint density at radius 3 is 3.00 bits per heavy atom. The summed E-state index contributed by atoms with van der Waals surface area (Å²) < 4.78 is 0. The molecule has 6 heteroatoms. The van der Waals surface area contributed by atoms with Crippen LogP contribution in [0.15, 0.2) is 57.7 Å². The van der Waals surface area contributed by atoms with Gasteiger partial charge < -0.3 is 5.32 Å². The van der Waals surface area contributed by atoms with E-state index in [-0.39, 0.29) is 11.8 Å². The molecule has 0 fully saturated rings. The Bertz CT molecular complexity index is 900. The van der Waals surface area contributed by atoms with Gasteiger partial charge in [-0.05, 0) is 37.7 Å². The van der Waals surface area contributed by atoms with E-state index in [1.807, 2.05) is 25.1 Å². The van der Waals surface area contributed by atoms with Crippen LogP contribution in [0.4, 0.5) is 0 Å². The van der Waals surface area contributed by atoms with Crippen molar-refractivity contribution in [3.05, 3.63) is 53.9 Å². The van der Waals surface area contributed by atoms with E-state index in [0.29, 0.717) is 11.4 Å². The third-order valence-corrected chi connectivity index (χ3v) is 4.12. The Labute approximate surface area is 162 Å². The second kappa shape index (κ2) is 10.4. The van der Waals surface area contributed by atoms with Crippen molar-refractivity contribution in [3.8, 4) is 11.8 Å². The van der Waals surface area contributed by atoms with Crippen LogP contribution in [0.5, 0.6) is 0 Å². The molecule has 0 radical (unpaired) electrons. The molecule has 2 unspecified atom stereocenters. The largest absolute Gasteiger partial charge is 0.321 e. The van der Waals surface area contributed by atoms with E-state index in [1.165, 1.54) is 6.20 Å². The summed E-state index contributed by atoms with van der Waals surface area (Å²) in [4.78, 5) is 24.9. The predicted octanol–water partition coefficient (Wildman–Crippen LogP) is 2.90.